The van der Waals surface area contributed by atoms with Gasteiger partial charge < -0.3 is 4.74 Å². The largest absolute Gasteiger partial charge is 0.497 e. The topological polar surface area (TPSA) is 59.7 Å². The van der Waals surface area contributed by atoms with Crippen LogP contribution in [0.5, 0.6) is 5.75 Å². The van der Waals surface area contributed by atoms with Gasteiger partial charge in [0.1, 0.15) is 17.1 Å². The fourth-order valence-electron chi connectivity index (χ4n) is 2.49. The molecule has 0 bridgehead atoms. The Labute approximate surface area is 151 Å². The van der Waals surface area contributed by atoms with E-state index in [4.69, 9.17) is 4.74 Å². The number of methoxy groups -OCH3 is 1. The summed E-state index contributed by atoms with van der Waals surface area (Å²) in [5, 5.41) is 0. The lowest BCUT2D eigenvalue weighted by atomic mass is 10.0. The normalized spacial score (nSPS) is 11.3. The molecule has 0 unspecified atom stereocenters. The number of ether oxygens (including phenoxy) is 1. The Morgan fingerprint density at radius 1 is 1.12 bits per heavy atom. The number of aliphatic imine (C=N–C) groups is 2. The maximum atomic E-state index is 15.2. The van der Waals surface area contributed by atoms with Crippen LogP contribution in [0.2, 0.25) is 0 Å². The maximum absolute atomic E-state index is 15.2. The van der Waals surface area contributed by atoms with E-state index >= 15 is 4.39 Å². The number of benzene rings is 2. The number of aromatic nitrogens is 2. The Kier molecular flexibility index (Phi) is 5.12. The van der Waals surface area contributed by atoms with E-state index in [-0.39, 0.29) is 11.5 Å². The highest BCUT2D eigenvalue weighted by molar-refractivity contribution is 6.01. The molecule has 5 nitrogen and oxygen atoms in total. The van der Waals surface area contributed by atoms with Crippen LogP contribution in [0.25, 0.3) is 11.1 Å². The van der Waals surface area contributed by atoms with Crippen LogP contribution >= 0.6 is 0 Å². The molecular weight excluding hydrogens is 331 g/mol. The van der Waals surface area contributed by atoms with Gasteiger partial charge in [-0.25, -0.2) is 19.4 Å². The smallest absolute Gasteiger partial charge is 0.179 e. The highest BCUT2D eigenvalue weighted by atomic mass is 19.1. The Hall–Kier alpha value is -3.41. The van der Waals surface area contributed by atoms with E-state index in [1.807, 2.05) is 6.07 Å². The van der Waals surface area contributed by atoms with Crippen LogP contribution in [0.15, 0.2) is 65.0 Å². The summed E-state index contributed by atoms with van der Waals surface area (Å²) in [4.78, 5) is 16.4. The second-order valence-corrected chi connectivity index (χ2v) is 5.51. The summed E-state index contributed by atoms with van der Waals surface area (Å²) in [6, 6.07) is 10.7. The first-order valence-corrected chi connectivity index (χ1v) is 7.89. The van der Waals surface area contributed by atoms with Crippen LogP contribution in [0.3, 0.4) is 0 Å². The van der Waals surface area contributed by atoms with Gasteiger partial charge in [0, 0.05) is 18.0 Å². The molecule has 0 aliphatic rings. The van der Waals surface area contributed by atoms with Crippen LogP contribution in [0.1, 0.15) is 11.3 Å². The number of hydrogen-bond donors (Lipinski definition) is 0. The SMILES string of the molecule is C=NC(=Nc1c(C)ccc(-c2ccc(OC)cc2)c1F)c1cnccn1. The first kappa shape index (κ1) is 17.4. The number of amidine groups is 1. The molecule has 1 heterocycles. The Balaban J connectivity index is 2.10. The monoisotopic (exact) mass is 348 g/mol. The van der Waals surface area contributed by atoms with Crippen molar-refractivity contribution < 1.29 is 9.13 Å². The average Bonchev–Trinajstić information content (AvgIpc) is 2.69. The highest BCUT2D eigenvalue weighted by Gasteiger charge is 2.14. The first-order chi connectivity index (χ1) is 12.6. The van der Waals surface area contributed by atoms with Crippen molar-refractivity contribution in [1.29, 1.82) is 0 Å². The van der Waals surface area contributed by atoms with Crippen LogP contribution in [0, 0.1) is 12.7 Å². The zero-order valence-electron chi connectivity index (χ0n) is 14.5. The van der Waals surface area contributed by atoms with Gasteiger partial charge in [-0.3, -0.25) is 4.98 Å². The Morgan fingerprint density at radius 2 is 1.88 bits per heavy atom. The minimum absolute atomic E-state index is 0.200. The van der Waals surface area contributed by atoms with E-state index in [9.17, 15) is 0 Å². The quantitative estimate of drug-likeness (QED) is 0.519. The standard InChI is InChI=1S/C20H17FN4O/c1-13-4-9-16(14-5-7-15(26-3)8-6-14)18(21)19(13)25-20(22-2)17-12-23-10-11-24-17/h4-12H,2H2,1,3H3. The molecule has 0 atom stereocenters. The number of aryl methyl sites for hydroxylation is 1. The summed E-state index contributed by atoms with van der Waals surface area (Å²) in [6.45, 7) is 5.30. The molecule has 1 aromatic heterocycles. The van der Waals surface area contributed by atoms with Crippen molar-refractivity contribution >= 4 is 18.2 Å². The third-order valence-electron chi connectivity index (χ3n) is 3.88. The van der Waals surface area contributed by atoms with E-state index in [1.54, 1.807) is 50.6 Å². The lowest BCUT2D eigenvalue weighted by Crippen LogP contribution is -2.01. The van der Waals surface area contributed by atoms with Crippen molar-refractivity contribution in [2.45, 2.75) is 6.92 Å². The zero-order chi connectivity index (χ0) is 18.5. The van der Waals surface area contributed by atoms with E-state index in [0.29, 0.717) is 22.6 Å². The first-order valence-electron chi connectivity index (χ1n) is 7.89. The molecule has 0 saturated heterocycles. The molecular formula is C20H17FN4O. The zero-order valence-corrected chi connectivity index (χ0v) is 14.5. The molecule has 3 aromatic rings. The van der Waals surface area contributed by atoms with Gasteiger partial charge in [-0.1, -0.05) is 24.3 Å². The van der Waals surface area contributed by atoms with Crippen LogP contribution in [-0.4, -0.2) is 29.6 Å². The molecule has 0 N–H and O–H groups in total. The molecule has 0 radical (unpaired) electrons. The van der Waals surface area contributed by atoms with Gasteiger partial charge in [0.2, 0.25) is 0 Å². The van der Waals surface area contributed by atoms with Gasteiger partial charge in [-0.2, -0.15) is 0 Å². The second-order valence-electron chi connectivity index (χ2n) is 5.51. The molecule has 0 saturated carbocycles. The summed E-state index contributed by atoms with van der Waals surface area (Å²) < 4.78 is 20.3. The predicted molar refractivity (Wildman–Crippen MR) is 101 cm³/mol. The van der Waals surface area contributed by atoms with Gasteiger partial charge >= 0.3 is 0 Å². The van der Waals surface area contributed by atoms with Gasteiger partial charge in [-0.15, -0.1) is 0 Å². The molecule has 0 spiro atoms. The molecule has 0 amide bonds. The summed E-state index contributed by atoms with van der Waals surface area (Å²) in [5.41, 5.74) is 2.49. The molecule has 6 heteroatoms. The van der Waals surface area contributed by atoms with Crippen molar-refractivity contribution in [1.82, 2.24) is 9.97 Å². The number of nitrogens with zero attached hydrogens (tertiary/aromatic N) is 4. The minimum Gasteiger partial charge on any atom is -0.497 e. The van der Waals surface area contributed by atoms with Gasteiger partial charge in [0.25, 0.3) is 0 Å². The lowest BCUT2D eigenvalue weighted by Gasteiger charge is -2.10. The van der Waals surface area contributed by atoms with Crippen LogP contribution in [-0.2, 0) is 0 Å². The van der Waals surface area contributed by atoms with E-state index in [0.717, 1.165) is 5.56 Å². The second kappa shape index (κ2) is 7.65. The predicted octanol–water partition coefficient (Wildman–Crippen LogP) is 4.38. The van der Waals surface area contributed by atoms with Crippen molar-refractivity contribution in [3.05, 3.63) is 72.1 Å². The summed E-state index contributed by atoms with van der Waals surface area (Å²) in [5.74, 6) is 0.493. The molecule has 130 valence electrons. The van der Waals surface area contributed by atoms with Gasteiger partial charge in [0.05, 0.1) is 13.3 Å². The van der Waals surface area contributed by atoms with E-state index < -0.39 is 5.82 Å². The Bertz CT molecular complexity index is 954. The maximum Gasteiger partial charge on any atom is 0.179 e. The summed E-state index contributed by atoms with van der Waals surface area (Å²) >= 11 is 0. The molecule has 3 rings (SSSR count). The third kappa shape index (κ3) is 3.49. The average molecular weight is 348 g/mol. The molecule has 0 aliphatic carbocycles. The van der Waals surface area contributed by atoms with Crippen molar-refractivity contribution in [2.75, 3.05) is 7.11 Å². The Morgan fingerprint density at radius 3 is 2.50 bits per heavy atom. The highest BCUT2D eigenvalue weighted by Crippen LogP contribution is 2.33. The summed E-state index contributed by atoms with van der Waals surface area (Å²) in [7, 11) is 1.59. The lowest BCUT2D eigenvalue weighted by molar-refractivity contribution is 0.415. The number of hydrogen-bond acceptors (Lipinski definition) is 4. The molecule has 0 aliphatic heterocycles. The molecule has 26 heavy (non-hydrogen) atoms. The van der Waals surface area contributed by atoms with Gasteiger partial charge in [0.15, 0.2) is 11.7 Å². The van der Waals surface area contributed by atoms with Crippen molar-refractivity contribution in [2.24, 2.45) is 9.98 Å². The number of halogens is 1. The van der Waals surface area contributed by atoms with Gasteiger partial charge in [-0.05, 0) is 36.9 Å². The fraction of sp³-hybridized carbons (Fsp3) is 0.100. The fourth-order valence-corrected chi connectivity index (χ4v) is 2.49. The minimum atomic E-state index is -0.430. The number of rotatable bonds is 4. The summed E-state index contributed by atoms with van der Waals surface area (Å²) in [6.07, 6.45) is 4.57. The van der Waals surface area contributed by atoms with Crippen molar-refractivity contribution in [3.8, 4) is 16.9 Å². The van der Waals surface area contributed by atoms with E-state index in [1.165, 1.54) is 12.4 Å². The van der Waals surface area contributed by atoms with E-state index in [2.05, 4.69) is 26.7 Å². The molecule has 0 fully saturated rings. The van der Waals surface area contributed by atoms with Crippen LogP contribution in [0.4, 0.5) is 10.1 Å². The van der Waals surface area contributed by atoms with Crippen molar-refractivity contribution in [3.63, 3.8) is 0 Å². The third-order valence-corrected chi connectivity index (χ3v) is 3.88. The van der Waals surface area contributed by atoms with Crippen LogP contribution < -0.4 is 4.74 Å². The molecule has 2 aromatic carbocycles.